The van der Waals surface area contributed by atoms with Gasteiger partial charge < -0.3 is 9.32 Å². The molecule has 1 heterocycles. The van der Waals surface area contributed by atoms with Crippen LogP contribution in [0, 0.1) is 0 Å². The number of nitrogens with zero attached hydrogens (tertiary/aromatic N) is 1. The molecule has 2 nitrogen and oxygen atoms in total. The van der Waals surface area contributed by atoms with E-state index in [-0.39, 0.29) is 0 Å². The third-order valence-electron chi connectivity index (χ3n) is 12.8. The Morgan fingerprint density at radius 1 is 0.212 bits per heavy atom. The van der Waals surface area contributed by atoms with Gasteiger partial charge in [0.25, 0.3) is 0 Å². The molecule has 0 fully saturated rings. The fourth-order valence-electron chi connectivity index (χ4n) is 9.40. The highest BCUT2D eigenvalue weighted by Gasteiger charge is 2.17. The summed E-state index contributed by atoms with van der Waals surface area (Å²) in [4.78, 5) is 2.38. The average Bonchev–Trinajstić information content (AvgIpc) is 3.78. The van der Waals surface area contributed by atoms with Crippen LogP contribution in [0.1, 0.15) is 0 Å². The van der Waals surface area contributed by atoms with Gasteiger partial charge in [-0.15, -0.1) is 0 Å². The lowest BCUT2D eigenvalue weighted by molar-refractivity contribution is 0.669. The van der Waals surface area contributed by atoms with Gasteiger partial charge in [-0.1, -0.05) is 188 Å². The van der Waals surface area contributed by atoms with Crippen molar-refractivity contribution in [2.24, 2.45) is 0 Å². The second-order valence-corrected chi connectivity index (χ2v) is 17.0. The van der Waals surface area contributed by atoms with Crippen molar-refractivity contribution in [3.8, 4) is 66.8 Å². The van der Waals surface area contributed by atoms with Crippen molar-refractivity contribution < 1.29 is 4.42 Å². The molecule has 310 valence electrons. The quantitative estimate of drug-likeness (QED) is 0.144. The minimum absolute atomic E-state index is 0.900. The SMILES string of the molecule is c1ccc(-c2cc(-c3ccccc3)cc(N(c3ccc(-c4ccc(-c5cccc(-c6ccc7ccccc7c6)c5)cc4)cc3)c3ccc(-c4ccc5oc6ccccc6c5c4)cc3)c2)cc1. The van der Waals surface area contributed by atoms with Gasteiger partial charge in [0.1, 0.15) is 11.2 Å². The molecular formula is C64H43NO. The van der Waals surface area contributed by atoms with Gasteiger partial charge in [0.2, 0.25) is 0 Å². The second kappa shape index (κ2) is 16.8. The summed E-state index contributed by atoms with van der Waals surface area (Å²) in [5.74, 6) is 0. The maximum Gasteiger partial charge on any atom is 0.135 e. The first-order valence-electron chi connectivity index (χ1n) is 22.5. The van der Waals surface area contributed by atoms with E-state index in [0.717, 1.165) is 66.8 Å². The topological polar surface area (TPSA) is 16.4 Å². The van der Waals surface area contributed by atoms with Crippen molar-refractivity contribution in [1.29, 1.82) is 0 Å². The Morgan fingerprint density at radius 3 is 1.26 bits per heavy atom. The number of furan rings is 1. The maximum absolute atomic E-state index is 6.16. The molecule has 0 atom stereocenters. The molecule has 0 radical (unpaired) electrons. The molecule has 2 heteroatoms. The Hall–Kier alpha value is -8.72. The molecule has 0 saturated heterocycles. The molecule has 66 heavy (non-hydrogen) atoms. The van der Waals surface area contributed by atoms with Crippen LogP contribution in [-0.2, 0) is 0 Å². The van der Waals surface area contributed by atoms with Crippen molar-refractivity contribution in [1.82, 2.24) is 0 Å². The summed E-state index contributed by atoms with van der Waals surface area (Å²) in [6.07, 6.45) is 0. The Balaban J connectivity index is 0.903. The van der Waals surface area contributed by atoms with Crippen molar-refractivity contribution in [2.75, 3.05) is 4.90 Å². The number of anilines is 3. The first kappa shape index (κ1) is 38.9. The first-order chi connectivity index (χ1) is 32.7. The van der Waals surface area contributed by atoms with Gasteiger partial charge in [0.15, 0.2) is 0 Å². The lowest BCUT2D eigenvalue weighted by Gasteiger charge is -2.27. The summed E-state index contributed by atoms with van der Waals surface area (Å²) in [5.41, 5.74) is 19.2. The smallest absolute Gasteiger partial charge is 0.135 e. The van der Waals surface area contributed by atoms with E-state index in [4.69, 9.17) is 4.42 Å². The molecule has 0 aliphatic rings. The highest BCUT2D eigenvalue weighted by molar-refractivity contribution is 6.06. The Morgan fingerprint density at radius 2 is 0.621 bits per heavy atom. The van der Waals surface area contributed by atoms with Crippen molar-refractivity contribution in [3.05, 3.63) is 261 Å². The molecule has 0 unspecified atom stereocenters. The summed E-state index contributed by atoms with van der Waals surface area (Å²) in [6.45, 7) is 0. The maximum atomic E-state index is 6.16. The molecule has 11 aromatic carbocycles. The number of hydrogen-bond acceptors (Lipinski definition) is 2. The third kappa shape index (κ3) is 7.51. The Bertz CT molecular complexity index is 3610. The second-order valence-electron chi connectivity index (χ2n) is 17.0. The number of para-hydroxylation sites is 1. The van der Waals surface area contributed by atoms with E-state index in [1.165, 1.54) is 49.7 Å². The molecule has 12 aromatic rings. The molecule has 12 rings (SSSR count). The summed E-state index contributed by atoms with van der Waals surface area (Å²) in [7, 11) is 0. The molecule has 0 aliphatic carbocycles. The van der Waals surface area contributed by atoms with Crippen LogP contribution in [0.25, 0.3) is 99.5 Å². The Kier molecular flexibility index (Phi) is 9.89. The number of benzene rings is 11. The predicted octanol–water partition coefficient (Wildman–Crippen LogP) is 18.2. The van der Waals surface area contributed by atoms with Gasteiger partial charge in [0.05, 0.1) is 0 Å². The van der Waals surface area contributed by atoms with E-state index in [1.807, 2.05) is 12.1 Å². The molecule has 0 spiro atoms. The van der Waals surface area contributed by atoms with Gasteiger partial charge in [0, 0.05) is 27.8 Å². The molecule has 0 amide bonds. The van der Waals surface area contributed by atoms with Crippen LogP contribution in [0.2, 0.25) is 0 Å². The molecular weight excluding hydrogens is 799 g/mol. The van der Waals surface area contributed by atoms with E-state index in [2.05, 4.69) is 254 Å². The summed E-state index contributed by atoms with van der Waals surface area (Å²) in [5, 5.41) is 4.77. The van der Waals surface area contributed by atoms with E-state index in [1.54, 1.807) is 0 Å². The van der Waals surface area contributed by atoms with E-state index < -0.39 is 0 Å². The molecule has 0 saturated carbocycles. The number of hydrogen-bond donors (Lipinski definition) is 0. The van der Waals surface area contributed by atoms with Crippen LogP contribution >= 0.6 is 0 Å². The van der Waals surface area contributed by atoms with Gasteiger partial charge in [-0.3, -0.25) is 0 Å². The van der Waals surface area contributed by atoms with Crippen LogP contribution in [0.15, 0.2) is 265 Å². The molecule has 0 bridgehead atoms. The van der Waals surface area contributed by atoms with E-state index in [9.17, 15) is 0 Å². The van der Waals surface area contributed by atoms with E-state index >= 15 is 0 Å². The minimum atomic E-state index is 0.900. The van der Waals surface area contributed by atoms with E-state index in [0.29, 0.717) is 0 Å². The zero-order valence-electron chi connectivity index (χ0n) is 36.2. The zero-order chi connectivity index (χ0) is 43.8. The minimum Gasteiger partial charge on any atom is -0.456 e. The largest absolute Gasteiger partial charge is 0.456 e. The highest BCUT2D eigenvalue weighted by Crippen LogP contribution is 2.42. The van der Waals surface area contributed by atoms with Gasteiger partial charge >= 0.3 is 0 Å². The van der Waals surface area contributed by atoms with Gasteiger partial charge in [-0.2, -0.15) is 0 Å². The third-order valence-corrected chi connectivity index (χ3v) is 12.8. The summed E-state index contributed by atoms with van der Waals surface area (Å²) in [6, 6.07) is 94.0. The fourth-order valence-corrected chi connectivity index (χ4v) is 9.40. The molecule has 1 aromatic heterocycles. The van der Waals surface area contributed by atoms with Crippen LogP contribution in [0.4, 0.5) is 17.1 Å². The molecule has 0 N–H and O–H groups in total. The zero-order valence-corrected chi connectivity index (χ0v) is 36.2. The van der Waals surface area contributed by atoms with Crippen LogP contribution < -0.4 is 4.90 Å². The number of rotatable bonds is 9. The van der Waals surface area contributed by atoms with Crippen molar-refractivity contribution in [3.63, 3.8) is 0 Å². The summed E-state index contributed by atoms with van der Waals surface area (Å²) < 4.78 is 6.16. The van der Waals surface area contributed by atoms with Gasteiger partial charge in [-0.05, 0) is 150 Å². The molecule has 0 aliphatic heterocycles. The Labute approximate surface area is 384 Å². The summed E-state index contributed by atoms with van der Waals surface area (Å²) >= 11 is 0. The average molecular weight is 842 g/mol. The van der Waals surface area contributed by atoms with Crippen LogP contribution in [-0.4, -0.2) is 0 Å². The van der Waals surface area contributed by atoms with Gasteiger partial charge in [-0.25, -0.2) is 0 Å². The first-order valence-corrected chi connectivity index (χ1v) is 22.5. The lowest BCUT2D eigenvalue weighted by Crippen LogP contribution is -2.10. The van der Waals surface area contributed by atoms with Crippen LogP contribution in [0.5, 0.6) is 0 Å². The standard InChI is InChI=1S/C64H43NO/c1-3-12-44(13-4-1)56-40-57(45-14-5-2-6-15-45)42-60(41-56)65(59-35-30-50(31-36-59)55-32-37-64-62(43-55)61-20-9-10-21-63(61)66-64)58-33-28-48(29-34-58)47-22-24-49(25-23-47)52-18-11-19-53(38-52)54-27-26-46-16-7-8-17-51(46)39-54/h1-43H. The monoisotopic (exact) mass is 841 g/mol. The number of fused-ring (bicyclic) bond motifs is 4. The fraction of sp³-hybridized carbons (Fsp3) is 0. The predicted molar refractivity (Wildman–Crippen MR) is 279 cm³/mol. The highest BCUT2D eigenvalue weighted by atomic mass is 16.3. The van der Waals surface area contributed by atoms with Crippen LogP contribution in [0.3, 0.4) is 0 Å². The normalized spacial score (nSPS) is 11.3. The van der Waals surface area contributed by atoms with Crippen molar-refractivity contribution in [2.45, 2.75) is 0 Å². The lowest BCUT2D eigenvalue weighted by atomic mass is 9.96. The van der Waals surface area contributed by atoms with Crippen molar-refractivity contribution >= 4 is 49.8 Å².